The Balaban J connectivity index is 1.56. The van der Waals surface area contributed by atoms with Gasteiger partial charge in [-0.15, -0.1) is 11.3 Å². The molecular weight excluding hydrogens is 502 g/mol. The lowest BCUT2D eigenvalue weighted by Crippen LogP contribution is -2.26. The molecule has 3 aromatic rings. The maximum absolute atomic E-state index is 13.3. The summed E-state index contributed by atoms with van der Waals surface area (Å²) in [5, 5.41) is 3.20. The van der Waals surface area contributed by atoms with Crippen molar-refractivity contribution in [3.05, 3.63) is 63.3 Å². The minimum absolute atomic E-state index is 0.0345. The van der Waals surface area contributed by atoms with Gasteiger partial charge in [-0.25, -0.2) is 4.79 Å². The number of hydrogen-bond donors (Lipinski definition) is 1. The van der Waals surface area contributed by atoms with E-state index < -0.39 is 18.7 Å². The summed E-state index contributed by atoms with van der Waals surface area (Å²) in [5.74, 6) is -1.24. The summed E-state index contributed by atoms with van der Waals surface area (Å²) in [7, 11) is 0. The van der Waals surface area contributed by atoms with Gasteiger partial charge in [-0.1, -0.05) is 0 Å². The number of ketones is 1. The van der Waals surface area contributed by atoms with Crippen LogP contribution in [0.3, 0.4) is 0 Å². The second-order valence-electron chi connectivity index (χ2n) is 9.00. The first-order chi connectivity index (χ1) is 17.6. The number of nitrogens with zero attached hydrogens (tertiary/aromatic N) is 1. The third-order valence-corrected chi connectivity index (χ3v) is 7.54. The number of nitrogens with one attached hydrogen (secondary N) is 1. The van der Waals surface area contributed by atoms with Crippen molar-refractivity contribution in [3.8, 4) is 11.4 Å². The lowest BCUT2D eigenvalue weighted by Gasteiger charge is -2.16. The van der Waals surface area contributed by atoms with E-state index in [1.165, 1.54) is 37.3 Å². The summed E-state index contributed by atoms with van der Waals surface area (Å²) in [6, 6.07) is 7.82. The Morgan fingerprint density at radius 2 is 1.76 bits per heavy atom. The summed E-state index contributed by atoms with van der Waals surface area (Å²) < 4.78 is 36.8. The maximum Gasteiger partial charge on any atom is 0.387 e. The molecule has 10 heteroatoms. The third kappa shape index (κ3) is 5.58. The number of fused-ring (bicyclic) bond motifs is 1. The molecule has 1 N–H and O–H groups in total. The van der Waals surface area contributed by atoms with E-state index in [1.54, 1.807) is 25.1 Å². The number of benzene rings is 1. The van der Waals surface area contributed by atoms with Crippen LogP contribution < -0.4 is 10.1 Å². The molecule has 1 aromatic carbocycles. The number of rotatable bonds is 8. The highest BCUT2D eigenvalue weighted by atomic mass is 32.1. The van der Waals surface area contributed by atoms with Crippen molar-refractivity contribution >= 4 is 34.0 Å². The predicted molar refractivity (Wildman–Crippen MR) is 136 cm³/mol. The number of aromatic nitrogens is 1. The first-order valence-corrected chi connectivity index (χ1v) is 12.8. The predicted octanol–water partition coefficient (Wildman–Crippen LogP) is 6.02. The molecule has 0 unspecified atom stereocenters. The van der Waals surface area contributed by atoms with Crippen molar-refractivity contribution in [2.24, 2.45) is 0 Å². The minimum Gasteiger partial charge on any atom is -0.451 e. The van der Waals surface area contributed by atoms with Crippen molar-refractivity contribution in [3.63, 3.8) is 0 Å². The monoisotopic (exact) mass is 530 g/mol. The maximum atomic E-state index is 13.3. The zero-order valence-electron chi connectivity index (χ0n) is 21.0. The van der Waals surface area contributed by atoms with Gasteiger partial charge in [0.15, 0.2) is 6.10 Å². The minimum atomic E-state index is -2.91. The van der Waals surface area contributed by atoms with Crippen LogP contribution in [0.2, 0.25) is 0 Å². The third-order valence-electron chi connectivity index (χ3n) is 6.33. The first-order valence-electron chi connectivity index (χ1n) is 12.0. The van der Waals surface area contributed by atoms with E-state index in [0.717, 1.165) is 41.8 Å². The molecule has 37 heavy (non-hydrogen) atoms. The summed E-state index contributed by atoms with van der Waals surface area (Å²) >= 11 is 1.39. The molecule has 0 spiro atoms. The fourth-order valence-corrected chi connectivity index (χ4v) is 6.03. The van der Waals surface area contributed by atoms with Gasteiger partial charge < -0.3 is 19.4 Å². The van der Waals surface area contributed by atoms with Crippen LogP contribution >= 0.6 is 11.3 Å². The first kappa shape index (κ1) is 26.5. The van der Waals surface area contributed by atoms with Crippen LogP contribution in [0.15, 0.2) is 30.3 Å². The SMILES string of the molecule is CC(=O)Nc1sc2c(c1C(=O)O[C@H](C)C(=O)c1cc(C)n(-c3ccc(OC(F)F)cc3)c1C)CCCC2. The number of carbonyl (C=O) groups excluding carboxylic acids is 3. The lowest BCUT2D eigenvalue weighted by atomic mass is 9.95. The van der Waals surface area contributed by atoms with Gasteiger partial charge in [-0.05, 0) is 82.3 Å². The highest BCUT2D eigenvalue weighted by Crippen LogP contribution is 2.39. The van der Waals surface area contributed by atoms with E-state index in [9.17, 15) is 23.2 Å². The van der Waals surface area contributed by atoms with E-state index in [4.69, 9.17) is 4.74 Å². The van der Waals surface area contributed by atoms with Gasteiger partial charge in [0, 0.05) is 34.4 Å². The Bertz CT molecular complexity index is 1340. The number of Topliss-reactive ketones (excluding diaryl/α,β-unsaturated/α-hetero) is 1. The van der Waals surface area contributed by atoms with Crippen LogP contribution in [-0.2, 0) is 22.4 Å². The molecule has 2 heterocycles. The molecule has 0 aliphatic heterocycles. The number of alkyl halides is 2. The number of hydrogen-bond acceptors (Lipinski definition) is 6. The molecular formula is C27H28F2N2O5S. The second kappa shape index (κ2) is 10.8. The van der Waals surface area contributed by atoms with Gasteiger partial charge in [0.1, 0.15) is 10.8 Å². The van der Waals surface area contributed by atoms with Crippen LogP contribution in [0.1, 0.15) is 69.2 Å². The zero-order valence-corrected chi connectivity index (χ0v) is 21.8. The largest absolute Gasteiger partial charge is 0.451 e. The molecule has 0 bridgehead atoms. The molecule has 0 saturated heterocycles. The summed E-state index contributed by atoms with van der Waals surface area (Å²) in [6.45, 7) is 3.59. The number of halogens is 2. The van der Waals surface area contributed by atoms with Gasteiger partial charge in [-0.2, -0.15) is 8.78 Å². The number of carbonyl (C=O) groups is 3. The van der Waals surface area contributed by atoms with Gasteiger partial charge in [0.2, 0.25) is 11.7 Å². The summed E-state index contributed by atoms with van der Waals surface area (Å²) in [5.41, 5.74) is 3.67. The van der Waals surface area contributed by atoms with Gasteiger partial charge in [0.25, 0.3) is 0 Å². The molecule has 2 aromatic heterocycles. The molecule has 0 fully saturated rings. The van der Waals surface area contributed by atoms with Crippen LogP contribution in [0.25, 0.3) is 5.69 Å². The number of anilines is 1. The Morgan fingerprint density at radius 1 is 1.08 bits per heavy atom. The number of amides is 1. The fourth-order valence-electron chi connectivity index (χ4n) is 4.71. The van der Waals surface area contributed by atoms with Crippen molar-refractivity contribution in [1.29, 1.82) is 0 Å². The molecule has 4 rings (SSSR count). The molecule has 196 valence electrons. The number of ether oxygens (including phenoxy) is 2. The Hall–Kier alpha value is -3.53. The Kier molecular flexibility index (Phi) is 7.77. The van der Waals surface area contributed by atoms with Gasteiger partial charge in [0.05, 0.1) is 5.56 Å². The van der Waals surface area contributed by atoms with Crippen LogP contribution in [0.5, 0.6) is 5.75 Å². The molecule has 1 aliphatic carbocycles. The molecule has 7 nitrogen and oxygen atoms in total. The van der Waals surface area contributed by atoms with E-state index in [-0.39, 0.29) is 17.4 Å². The number of esters is 1. The Morgan fingerprint density at radius 3 is 2.41 bits per heavy atom. The normalized spacial score (nSPS) is 13.7. The lowest BCUT2D eigenvalue weighted by molar-refractivity contribution is -0.114. The smallest absolute Gasteiger partial charge is 0.387 e. The average molecular weight is 531 g/mol. The average Bonchev–Trinajstić information content (AvgIpc) is 3.34. The van der Waals surface area contributed by atoms with Crippen molar-refractivity contribution in [2.45, 2.75) is 66.1 Å². The molecule has 1 atom stereocenters. The number of aryl methyl sites for hydroxylation is 2. The van der Waals surface area contributed by atoms with Gasteiger partial charge >= 0.3 is 12.6 Å². The molecule has 1 aliphatic rings. The van der Waals surface area contributed by atoms with E-state index in [1.807, 2.05) is 11.5 Å². The van der Waals surface area contributed by atoms with E-state index in [0.29, 0.717) is 27.5 Å². The molecule has 1 amide bonds. The van der Waals surface area contributed by atoms with Crippen molar-refractivity contribution in [1.82, 2.24) is 4.57 Å². The summed E-state index contributed by atoms with van der Waals surface area (Å²) in [4.78, 5) is 39.3. The van der Waals surface area contributed by atoms with Gasteiger partial charge in [-0.3, -0.25) is 9.59 Å². The highest BCUT2D eigenvalue weighted by Gasteiger charge is 2.30. The quantitative estimate of drug-likeness (QED) is 0.284. The second-order valence-corrected chi connectivity index (χ2v) is 10.1. The molecule has 0 saturated carbocycles. The zero-order chi connectivity index (χ0) is 26.9. The molecule has 0 radical (unpaired) electrons. The fraction of sp³-hybridized carbons (Fsp3) is 0.370. The van der Waals surface area contributed by atoms with E-state index in [2.05, 4.69) is 10.1 Å². The standard InChI is InChI=1S/C27H28F2N2O5S/c1-14-13-21(15(2)31(14)18-9-11-19(12-10-18)36-27(28)29)24(33)16(3)35-26(34)23-20-7-5-6-8-22(20)37-25(23)30-17(4)32/h9-13,16,27H,5-8H2,1-4H3,(H,30,32)/t16-/m1/s1. The van der Waals surface area contributed by atoms with Crippen LogP contribution in [0.4, 0.5) is 13.8 Å². The van der Waals surface area contributed by atoms with E-state index >= 15 is 0 Å². The van der Waals surface area contributed by atoms with Crippen molar-refractivity contribution in [2.75, 3.05) is 5.32 Å². The highest BCUT2D eigenvalue weighted by molar-refractivity contribution is 7.17. The van der Waals surface area contributed by atoms with Crippen LogP contribution in [0, 0.1) is 13.8 Å². The summed E-state index contributed by atoms with van der Waals surface area (Å²) in [6.07, 6.45) is 2.47. The van der Waals surface area contributed by atoms with Crippen LogP contribution in [-0.4, -0.2) is 34.9 Å². The topological polar surface area (TPSA) is 86.6 Å². The number of thiophene rings is 1. The van der Waals surface area contributed by atoms with Crippen molar-refractivity contribution < 1.29 is 32.6 Å². The Labute approximate surface area is 217 Å².